The molecule has 202 valence electrons. The van der Waals surface area contributed by atoms with Crippen LogP contribution in [0.25, 0.3) is 20.8 Å². The molecule has 0 aliphatic carbocycles. The molecule has 3 N–H and O–H groups in total. The predicted octanol–water partition coefficient (Wildman–Crippen LogP) is 4.14. The van der Waals surface area contributed by atoms with Crippen LogP contribution < -0.4 is 16.0 Å². The number of amides is 1. The molecule has 1 aliphatic heterocycles. The molecule has 38 heavy (non-hydrogen) atoms. The number of fused-ring (bicyclic) bond motifs is 1. The Balaban J connectivity index is 1.44. The Morgan fingerprint density at radius 1 is 1.34 bits per heavy atom. The van der Waals surface area contributed by atoms with E-state index < -0.39 is 30.7 Å². The minimum Gasteiger partial charge on any atom is -0.378 e. The van der Waals surface area contributed by atoms with Gasteiger partial charge in [-0.2, -0.15) is 23.3 Å². The standard InChI is InChI=1S/C24H25F4N7O2S/c1-12-15(9-31-35(12)2)23(36)30-11-19-33-22(34-37-19)21-14(8-24(26,27)28)13-4-3-5-18(20(13)38-21)32-17-6-7-29-10-16(17)25/h3-5,9,16-17,29,32H,6-8,10-11H2,1-2H3,(H,30,36)/t16-,17+/m0/s1. The van der Waals surface area contributed by atoms with E-state index in [1.165, 1.54) is 6.20 Å². The third kappa shape index (κ3) is 5.36. The van der Waals surface area contributed by atoms with E-state index in [1.54, 1.807) is 36.9 Å². The molecule has 4 heterocycles. The highest BCUT2D eigenvalue weighted by Crippen LogP contribution is 2.43. The van der Waals surface area contributed by atoms with E-state index in [-0.39, 0.29) is 35.2 Å². The summed E-state index contributed by atoms with van der Waals surface area (Å²) in [6.07, 6.45) is -4.81. The van der Waals surface area contributed by atoms with Gasteiger partial charge in [-0.3, -0.25) is 9.48 Å². The topological polar surface area (TPSA) is 110 Å². The molecule has 3 aromatic heterocycles. The summed E-state index contributed by atoms with van der Waals surface area (Å²) >= 11 is 1.09. The summed E-state index contributed by atoms with van der Waals surface area (Å²) in [5.74, 6) is -0.364. The molecule has 1 aliphatic rings. The molecule has 14 heteroatoms. The van der Waals surface area contributed by atoms with E-state index in [4.69, 9.17) is 4.52 Å². The van der Waals surface area contributed by atoms with Crippen LogP contribution in [-0.2, 0) is 20.0 Å². The van der Waals surface area contributed by atoms with Gasteiger partial charge >= 0.3 is 6.18 Å². The summed E-state index contributed by atoms with van der Waals surface area (Å²) in [6.45, 7) is 2.50. The summed E-state index contributed by atoms with van der Waals surface area (Å²) in [5.41, 5.74) is 1.63. The van der Waals surface area contributed by atoms with Crippen LogP contribution in [0.5, 0.6) is 0 Å². The Morgan fingerprint density at radius 2 is 2.16 bits per heavy atom. The summed E-state index contributed by atoms with van der Waals surface area (Å²) < 4.78 is 62.6. The molecular weight excluding hydrogens is 526 g/mol. The molecule has 4 aromatic rings. The van der Waals surface area contributed by atoms with Crippen LogP contribution in [0, 0.1) is 6.92 Å². The molecule has 0 saturated carbocycles. The number of anilines is 1. The minimum absolute atomic E-state index is 0.0107. The number of nitrogens with one attached hydrogen (secondary N) is 3. The Hall–Kier alpha value is -3.52. The van der Waals surface area contributed by atoms with E-state index in [0.717, 1.165) is 11.3 Å². The molecule has 1 aromatic carbocycles. The molecule has 1 saturated heterocycles. The van der Waals surface area contributed by atoms with Gasteiger partial charge < -0.3 is 20.5 Å². The van der Waals surface area contributed by atoms with Crippen LogP contribution in [0.2, 0.25) is 0 Å². The van der Waals surface area contributed by atoms with Crippen molar-refractivity contribution in [3.05, 3.63) is 47.1 Å². The van der Waals surface area contributed by atoms with Gasteiger partial charge in [0.15, 0.2) is 0 Å². The highest BCUT2D eigenvalue weighted by atomic mass is 32.1. The van der Waals surface area contributed by atoms with Crippen molar-refractivity contribution in [2.45, 2.75) is 44.7 Å². The van der Waals surface area contributed by atoms with Crippen LogP contribution in [0.15, 0.2) is 28.9 Å². The van der Waals surface area contributed by atoms with Crippen molar-refractivity contribution >= 4 is 33.0 Å². The summed E-state index contributed by atoms with van der Waals surface area (Å²) in [5, 5.41) is 17.1. The van der Waals surface area contributed by atoms with Crippen LogP contribution in [-0.4, -0.2) is 57.3 Å². The molecule has 9 nitrogen and oxygen atoms in total. The Labute approximate surface area is 218 Å². The first-order valence-corrected chi connectivity index (χ1v) is 12.7. The van der Waals surface area contributed by atoms with Gasteiger partial charge in [0, 0.05) is 19.3 Å². The fourth-order valence-corrected chi connectivity index (χ4v) is 5.64. The molecule has 0 unspecified atom stereocenters. The first-order chi connectivity index (χ1) is 18.1. The van der Waals surface area contributed by atoms with E-state index in [1.807, 2.05) is 0 Å². The van der Waals surface area contributed by atoms with Crippen LogP contribution in [0.3, 0.4) is 0 Å². The second kappa shape index (κ2) is 10.3. The maximum absolute atomic E-state index is 14.4. The summed E-state index contributed by atoms with van der Waals surface area (Å²) in [4.78, 5) is 16.9. The molecule has 0 spiro atoms. The smallest absolute Gasteiger partial charge is 0.378 e. The lowest BCUT2D eigenvalue weighted by atomic mass is 10.0. The first kappa shape index (κ1) is 26.1. The van der Waals surface area contributed by atoms with Crippen molar-refractivity contribution in [1.82, 2.24) is 30.6 Å². The number of carbonyl (C=O) groups excluding carboxylic acids is 1. The van der Waals surface area contributed by atoms with Crippen molar-refractivity contribution in [3.63, 3.8) is 0 Å². The normalized spacial score (nSPS) is 18.2. The van der Waals surface area contributed by atoms with Gasteiger partial charge in [0.25, 0.3) is 5.91 Å². The highest BCUT2D eigenvalue weighted by molar-refractivity contribution is 7.23. The van der Waals surface area contributed by atoms with Crippen LogP contribution in [0.4, 0.5) is 23.2 Å². The van der Waals surface area contributed by atoms with Crippen molar-refractivity contribution in [1.29, 1.82) is 0 Å². The van der Waals surface area contributed by atoms with Gasteiger partial charge in [0.05, 0.1) is 46.0 Å². The van der Waals surface area contributed by atoms with Gasteiger partial charge in [-0.15, -0.1) is 11.3 Å². The molecule has 5 rings (SSSR count). The molecule has 0 radical (unpaired) electrons. The number of hydrogen-bond donors (Lipinski definition) is 3. The Kier molecular flexibility index (Phi) is 7.09. The van der Waals surface area contributed by atoms with Crippen molar-refractivity contribution < 1.29 is 26.9 Å². The zero-order valence-corrected chi connectivity index (χ0v) is 21.3. The van der Waals surface area contributed by atoms with Gasteiger partial charge in [-0.25, -0.2) is 4.39 Å². The number of hydrogen-bond acceptors (Lipinski definition) is 8. The average molecular weight is 552 g/mol. The maximum atomic E-state index is 14.4. The number of piperidine rings is 1. The van der Waals surface area contributed by atoms with Crippen LogP contribution in [0.1, 0.15) is 33.9 Å². The second-order valence-electron chi connectivity index (χ2n) is 9.11. The number of aryl methyl sites for hydroxylation is 1. The SMILES string of the molecule is Cc1c(C(=O)NCc2nc(-c3sc4c(N[C@@H]5CCNC[C@@H]5F)cccc4c3CC(F)(F)F)no2)cnn1C. The quantitative estimate of drug-likeness (QED) is 0.296. The molecule has 1 amide bonds. The fraction of sp³-hybridized carbons (Fsp3) is 0.417. The largest absolute Gasteiger partial charge is 0.393 e. The first-order valence-electron chi connectivity index (χ1n) is 11.9. The average Bonchev–Trinajstić information content (AvgIpc) is 3.57. The second-order valence-corrected chi connectivity index (χ2v) is 10.1. The van der Waals surface area contributed by atoms with Crippen molar-refractivity contribution in [3.8, 4) is 10.7 Å². The van der Waals surface area contributed by atoms with E-state index >= 15 is 0 Å². The van der Waals surface area contributed by atoms with Crippen LogP contribution >= 0.6 is 11.3 Å². The van der Waals surface area contributed by atoms with Gasteiger partial charge in [0.1, 0.15) is 6.17 Å². The third-order valence-electron chi connectivity index (χ3n) is 6.50. The zero-order valence-electron chi connectivity index (χ0n) is 20.5. The Morgan fingerprint density at radius 3 is 2.87 bits per heavy atom. The van der Waals surface area contributed by atoms with E-state index in [9.17, 15) is 22.4 Å². The van der Waals surface area contributed by atoms with Gasteiger partial charge in [-0.05, 0) is 36.9 Å². The summed E-state index contributed by atoms with van der Waals surface area (Å²) in [6, 6.07) is 4.52. The maximum Gasteiger partial charge on any atom is 0.393 e. The van der Waals surface area contributed by atoms with Crippen molar-refractivity contribution in [2.75, 3.05) is 18.4 Å². The molecular formula is C24H25F4N7O2S. The number of thiophene rings is 1. The number of alkyl halides is 4. The number of benzene rings is 1. The van der Waals surface area contributed by atoms with Gasteiger partial charge in [0.2, 0.25) is 11.7 Å². The Bertz CT molecular complexity index is 1460. The van der Waals surface area contributed by atoms with Crippen molar-refractivity contribution in [2.24, 2.45) is 7.05 Å². The number of carbonyl (C=O) groups is 1. The minimum atomic E-state index is -4.48. The summed E-state index contributed by atoms with van der Waals surface area (Å²) in [7, 11) is 1.71. The highest BCUT2D eigenvalue weighted by Gasteiger charge is 2.33. The lowest BCUT2D eigenvalue weighted by molar-refractivity contribution is -0.126. The third-order valence-corrected chi connectivity index (χ3v) is 7.77. The number of nitrogens with zero attached hydrogens (tertiary/aromatic N) is 4. The molecule has 2 atom stereocenters. The monoisotopic (exact) mass is 551 g/mol. The number of halogens is 4. The lowest BCUT2D eigenvalue weighted by Gasteiger charge is -2.28. The predicted molar refractivity (Wildman–Crippen MR) is 134 cm³/mol. The molecule has 0 bridgehead atoms. The van der Waals surface area contributed by atoms with E-state index in [0.29, 0.717) is 40.0 Å². The molecule has 1 fully saturated rings. The van der Waals surface area contributed by atoms with Gasteiger partial charge in [-0.1, -0.05) is 17.3 Å². The lowest BCUT2D eigenvalue weighted by Crippen LogP contribution is -2.45. The number of rotatable bonds is 7. The fourth-order valence-electron chi connectivity index (χ4n) is 4.42. The van der Waals surface area contributed by atoms with E-state index in [2.05, 4.69) is 31.2 Å². The zero-order chi connectivity index (χ0) is 27.0. The number of aromatic nitrogens is 4.